The summed E-state index contributed by atoms with van der Waals surface area (Å²) in [7, 11) is -3.92. The van der Waals surface area contributed by atoms with Gasteiger partial charge in [-0.05, 0) is 36.3 Å². The van der Waals surface area contributed by atoms with E-state index in [9.17, 15) is 23.6 Å². The van der Waals surface area contributed by atoms with E-state index in [1.165, 1.54) is 42.5 Å². The second-order valence-corrected chi connectivity index (χ2v) is 6.76. The fourth-order valence-corrected chi connectivity index (χ4v) is 3.04. The number of aryl methyl sites for hydroxylation is 1. The fourth-order valence-electron chi connectivity index (χ4n) is 1.88. The molecule has 0 bridgehead atoms. The Bertz CT molecular complexity index is 903. The summed E-state index contributed by atoms with van der Waals surface area (Å²) in [5.41, 5.74) is 1.29. The highest BCUT2D eigenvalue weighted by atomic mass is 32.2. The lowest BCUT2D eigenvalue weighted by Crippen LogP contribution is -2.21. The molecule has 116 valence electrons. The maximum atomic E-state index is 12.5. The number of carboxylic acid groups (broad SMARTS) is 1. The Hall–Kier alpha value is -2.91. The molecule has 0 aromatic heterocycles. The van der Waals surface area contributed by atoms with Crippen molar-refractivity contribution in [1.29, 1.82) is 5.26 Å². The molecule has 0 aliphatic carbocycles. The van der Waals surface area contributed by atoms with Crippen molar-refractivity contribution < 1.29 is 18.3 Å². The van der Waals surface area contributed by atoms with Gasteiger partial charge in [-0.2, -0.15) is 5.26 Å². The Labute approximate surface area is 134 Å². The first-order valence-corrected chi connectivity index (χ1v) is 8.08. The van der Waals surface area contributed by atoms with Crippen LogP contribution in [-0.2, 0) is 9.84 Å². The van der Waals surface area contributed by atoms with Crippen LogP contribution in [0.1, 0.15) is 21.5 Å². The molecule has 0 fully saturated rings. The minimum Gasteiger partial charge on any atom is -0.545 e. The number of rotatable bonds is 4. The molecule has 0 atom stereocenters. The van der Waals surface area contributed by atoms with E-state index in [1.807, 2.05) is 6.92 Å². The molecular weight excluding hydrogens is 314 g/mol. The summed E-state index contributed by atoms with van der Waals surface area (Å²) in [5.74, 6) is -1.33. The molecule has 0 amide bonds. The molecule has 0 spiro atoms. The van der Waals surface area contributed by atoms with Crippen LogP contribution >= 0.6 is 0 Å². The molecule has 0 saturated carbocycles. The quantitative estimate of drug-likeness (QED) is 0.796. The van der Waals surface area contributed by atoms with Crippen molar-refractivity contribution >= 4 is 21.9 Å². The molecular formula is C17H12NO4S-. The Morgan fingerprint density at radius 1 is 1.09 bits per heavy atom. The second-order valence-electron chi connectivity index (χ2n) is 4.85. The van der Waals surface area contributed by atoms with Crippen LogP contribution in [-0.4, -0.2) is 14.4 Å². The van der Waals surface area contributed by atoms with Crippen LogP contribution in [0.3, 0.4) is 0 Å². The average molecular weight is 326 g/mol. The van der Waals surface area contributed by atoms with Crippen LogP contribution in [0.4, 0.5) is 0 Å². The van der Waals surface area contributed by atoms with Crippen molar-refractivity contribution in [1.82, 2.24) is 0 Å². The first kappa shape index (κ1) is 16.5. The van der Waals surface area contributed by atoms with E-state index >= 15 is 0 Å². The number of aromatic carboxylic acids is 1. The van der Waals surface area contributed by atoms with E-state index in [0.29, 0.717) is 5.56 Å². The number of nitriles is 1. The first-order chi connectivity index (χ1) is 10.8. The molecule has 0 unspecified atom stereocenters. The van der Waals surface area contributed by atoms with Crippen LogP contribution in [0.15, 0.2) is 58.3 Å². The molecule has 0 aliphatic rings. The lowest BCUT2D eigenvalue weighted by Gasteiger charge is -2.05. The van der Waals surface area contributed by atoms with E-state index in [4.69, 9.17) is 0 Å². The van der Waals surface area contributed by atoms with Gasteiger partial charge in [-0.3, -0.25) is 0 Å². The molecule has 6 heteroatoms. The summed E-state index contributed by atoms with van der Waals surface area (Å²) >= 11 is 0. The van der Waals surface area contributed by atoms with Gasteiger partial charge in [0, 0.05) is 0 Å². The third-order valence-corrected chi connectivity index (χ3v) is 4.86. The molecule has 0 aliphatic heterocycles. The van der Waals surface area contributed by atoms with E-state index in [-0.39, 0.29) is 10.5 Å². The fraction of sp³-hybridized carbons (Fsp3) is 0.0588. The van der Waals surface area contributed by atoms with Crippen molar-refractivity contribution in [3.05, 3.63) is 70.1 Å². The number of carbonyl (C=O) groups excluding carboxylic acids is 1. The van der Waals surface area contributed by atoms with Crippen LogP contribution < -0.4 is 5.11 Å². The predicted molar refractivity (Wildman–Crippen MR) is 82.7 cm³/mol. The third-order valence-electron chi connectivity index (χ3n) is 3.18. The van der Waals surface area contributed by atoms with Crippen molar-refractivity contribution in [2.45, 2.75) is 11.8 Å². The highest BCUT2D eigenvalue weighted by Crippen LogP contribution is 2.21. The number of hydrogen-bond donors (Lipinski definition) is 0. The van der Waals surface area contributed by atoms with Crippen molar-refractivity contribution in [2.75, 3.05) is 0 Å². The Morgan fingerprint density at radius 3 is 2.13 bits per heavy atom. The summed E-state index contributed by atoms with van der Waals surface area (Å²) in [6, 6.07) is 13.3. The zero-order valence-corrected chi connectivity index (χ0v) is 13.0. The van der Waals surface area contributed by atoms with E-state index in [1.54, 1.807) is 18.2 Å². The van der Waals surface area contributed by atoms with Gasteiger partial charge in [-0.1, -0.05) is 42.0 Å². The number of carbonyl (C=O) groups is 1. The largest absolute Gasteiger partial charge is 0.545 e. The third kappa shape index (κ3) is 3.65. The number of allylic oxidation sites excluding steroid dienone is 1. The molecule has 0 radical (unpaired) electrons. The first-order valence-electron chi connectivity index (χ1n) is 6.59. The molecule has 2 aromatic carbocycles. The number of benzene rings is 2. The van der Waals surface area contributed by atoms with Crippen LogP contribution in [0, 0.1) is 18.3 Å². The Kier molecular flexibility index (Phi) is 4.63. The maximum Gasteiger partial charge on any atom is 0.216 e. The summed E-state index contributed by atoms with van der Waals surface area (Å²) in [5, 5.41) is 19.9. The molecule has 23 heavy (non-hydrogen) atoms. The van der Waals surface area contributed by atoms with Crippen LogP contribution in [0.5, 0.6) is 0 Å². The van der Waals surface area contributed by atoms with Gasteiger partial charge in [0.05, 0.1) is 10.9 Å². The SMILES string of the molecule is Cc1ccc(S(=O)(=O)C(C#N)=Cc2ccc(C(=O)[O-])cc2)cc1. The molecule has 0 heterocycles. The monoisotopic (exact) mass is 326 g/mol. The van der Waals surface area contributed by atoms with Gasteiger partial charge in [-0.15, -0.1) is 0 Å². The highest BCUT2D eigenvalue weighted by molar-refractivity contribution is 7.95. The number of carboxylic acids is 1. The van der Waals surface area contributed by atoms with E-state index in [2.05, 4.69) is 0 Å². The van der Waals surface area contributed by atoms with Gasteiger partial charge < -0.3 is 9.90 Å². The van der Waals surface area contributed by atoms with Crippen molar-refractivity contribution in [3.63, 3.8) is 0 Å². The normalized spacial score (nSPS) is 11.7. The van der Waals surface area contributed by atoms with Crippen LogP contribution in [0.2, 0.25) is 0 Å². The summed E-state index contributed by atoms with van der Waals surface area (Å²) < 4.78 is 24.9. The standard InChI is InChI=1S/C17H13NO4S/c1-12-2-8-15(9-3-12)23(21,22)16(11-18)10-13-4-6-14(7-5-13)17(19)20/h2-10H,1H3,(H,19,20)/p-1. The van der Waals surface area contributed by atoms with Gasteiger partial charge in [0.25, 0.3) is 0 Å². The highest BCUT2D eigenvalue weighted by Gasteiger charge is 2.20. The molecule has 0 saturated heterocycles. The van der Waals surface area contributed by atoms with Gasteiger partial charge in [0.15, 0.2) is 0 Å². The summed E-state index contributed by atoms with van der Waals surface area (Å²) in [6.45, 7) is 1.83. The smallest absolute Gasteiger partial charge is 0.216 e. The van der Waals surface area contributed by atoms with Crippen molar-refractivity contribution in [3.8, 4) is 6.07 Å². The molecule has 0 N–H and O–H groups in total. The Balaban J connectivity index is 2.44. The lowest BCUT2D eigenvalue weighted by molar-refractivity contribution is -0.255. The minimum atomic E-state index is -3.92. The van der Waals surface area contributed by atoms with Crippen molar-refractivity contribution in [2.24, 2.45) is 0 Å². The topological polar surface area (TPSA) is 98.1 Å². The lowest BCUT2D eigenvalue weighted by atomic mass is 10.1. The zero-order chi connectivity index (χ0) is 17.0. The maximum absolute atomic E-state index is 12.5. The average Bonchev–Trinajstić information content (AvgIpc) is 2.53. The van der Waals surface area contributed by atoms with Crippen LogP contribution in [0.25, 0.3) is 6.08 Å². The number of nitrogens with zero attached hydrogens (tertiary/aromatic N) is 1. The molecule has 2 aromatic rings. The summed E-state index contributed by atoms with van der Waals surface area (Å²) in [6.07, 6.45) is 1.20. The second kappa shape index (κ2) is 6.46. The predicted octanol–water partition coefficient (Wildman–Crippen LogP) is 1.70. The number of hydrogen-bond acceptors (Lipinski definition) is 5. The van der Waals surface area contributed by atoms with E-state index in [0.717, 1.165) is 5.56 Å². The summed E-state index contributed by atoms with van der Waals surface area (Å²) in [4.78, 5) is 10.3. The molecule has 2 rings (SSSR count). The van der Waals surface area contributed by atoms with Gasteiger partial charge >= 0.3 is 0 Å². The Morgan fingerprint density at radius 2 is 1.65 bits per heavy atom. The van der Waals surface area contributed by atoms with E-state index < -0.39 is 20.7 Å². The number of sulfone groups is 1. The van der Waals surface area contributed by atoms with Gasteiger partial charge in [0.2, 0.25) is 9.84 Å². The van der Waals surface area contributed by atoms with Gasteiger partial charge in [0.1, 0.15) is 11.0 Å². The molecule has 5 nitrogen and oxygen atoms in total. The minimum absolute atomic E-state index is 0.0259. The van der Waals surface area contributed by atoms with Gasteiger partial charge in [-0.25, -0.2) is 8.42 Å². The zero-order valence-electron chi connectivity index (χ0n) is 12.2.